The summed E-state index contributed by atoms with van der Waals surface area (Å²) in [4.78, 5) is 16.2. The molecular formula is C15H15NO2. The Labute approximate surface area is 105 Å². The van der Waals surface area contributed by atoms with Crippen molar-refractivity contribution in [3.63, 3.8) is 0 Å². The molecule has 0 saturated heterocycles. The van der Waals surface area contributed by atoms with Gasteiger partial charge in [0.15, 0.2) is 0 Å². The standard InChI is InChI=1S/C15H15NO2/c1-8-6-7-11-13(15(17)18)10-4-3-5-12(10)16-14(11)9(8)2/h6-7H,3-5H2,1-2H3,(H,17,18). The molecule has 0 amide bonds. The molecule has 3 nitrogen and oxygen atoms in total. The molecule has 1 aromatic heterocycles. The molecule has 18 heavy (non-hydrogen) atoms. The molecule has 92 valence electrons. The van der Waals surface area contributed by atoms with E-state index in [2.05, 4.69) is 0 Å². The number of carbonyl (C=O) groups is 1. The summed E-state index contributed by atoms with van der Waals surface area (Å²) in [5.41, 5.74) is 5.49. The van der Waals surface area contributed by atoms with Crippen molar-refractivity contribution < 1.29 is 9.90 Å². The minimum absolute atomic E-state index is 0.468. The van der Waals surface area contributed by atoms with Crippen LogP contribution in [0.15, 0.2) is 12.1 Å². The van der Waals surface area contributed by atoms with Crippen molar-refractivity contribution in [2.45, 2.75) is 33.1 Å². The molecule has 3 heteroatoms. The summed E-state index contributed by atoms with van der Waals surface area (Å²) in [6.07, 6.45) is 2.75. The van der Waals surface area contributed by atoms with Gasteiger partial charge in [0.1, 0.15) is 0 Å². The van der Waals surface area contributed by atoms with Crippen LogP contribution in [0.2, 0.25) is 0 Å². The van der Waals surface area contributed by atoms with Gasteiger partial charge in [-0.1, -0.05) is 12.1 Å². The zero-order valence-electron chi connectivity index (χ0n) is 10.6. The molecule has 3 rings (SSSR count). The normalized spacial score (nSPS) is 13.9. The average Bonchev–Trinajstić information content (AvgIpc) is 2.79. The summed E-state index contributed by atoms with van der Waals surface area (Å²) in [6, 6.07) is 3.87. The molecule has 0 atom stereocenters. The number of hydrogen-bond donors (Lipinski definition) is 1. The highest BCUT2D eigenvalue weighted by molar-refractivity contribution is 6.05. The maximum atomic E-state index is 11.5. The largest absolute Gasteiger partial charge is 0.478 e. The van der Waals surface area contributed by atoms with E-state index < -0.39 is 5.97 Å². The molecule has 0 unspecified atom stereocenters. The van der Waals surface area contributed by atoms with Gasteiger partial charge in [-0.15, -0.1) is 0 Å². The maximum Gasteiger partial charge on any atom is 0.336 e. The first-order valence-electron chi connectivity index (χ1n) is 6.24. The Hall–Kier alpha value is -1.90. The van der Waals surface area contributed by atoms with Crippen LogP contribution < -0.4 is 0 Å². The van der Waals surface area contributed by atoms with E-state index in [1.807, 2.05) is 26.0 Å². The Morgan fingerprint density at radius 2 is 2.06 bits per heavy atom. The van der Waals surface area contributed by atoms with Crippen molar-refractivity contribution in [1.29, 1.82) is 0 Å². The lowest BCUT2D eigenvalue weighted by molar-refractivity contribution is 0.0698. The zero-order valence-corrected chi connectivity index (χ0v) is 10.6. The first kappa shape index (κ1) is 11.2. The second-order valence-electron chi connectivity index (χ2n) is 4.97. The number of aromatic nitrogens is 1. The van der Waals surface area contributed by atoms with Gasteiger partial charge in [-0.25, -0.2) is 4.79 Å². The van der Waals surface area contributed by atoms with E-state index >= 15 is 0 Å². The summed E-state index contributed by atoms with van der Waals surface area (Å²) >= 11 is 0. The van der Waals surface area contributed by atoms with Crippen LogP contribution >= 0.6 is 0 Å². The number of carboxylic acids is 1. The third-order valence-corrected chi connectivity index (χ3v) is 3.92. The van der Waals surface area contributed by atoms with Crippen LogP contribution in [0.3, 0.4) is 0 Å². The summed E-state index contributed by atoms with van der Waals surface area (Å²) in [5.74, 6) is -0.830. The first-order valence-corrected chi connectivity index (χ1v) is 6.24. The zero-order chi connectivity index (χ0) is 12.9. The summed E-state index contributed by atoms with van der Waals surface area (Å²) in [6.45, 7) is 4.04. The fraction of sp³-hybridized carbons (Fsp3) is 0.333. The first-order chi connectivity index (χ1) is 8.59. The Morgan fingerprint density at radius 1 is 1.28 bits per heavy atom. The van der Waals surface area contributed by atoms with Gasteiger partial charge < -0.3 is 5.11 Å². The van der Waals surface area contributed by atoms with E-state index in [9.17, 15) is 9.90 Å². The second kappa shape index (κ2) is 3.80. The molecule has 0 bridgehead atoms. The van der Waals surface area contributed by atoms with Crippen molar-refractivity contribution in [1.82, 2.24) is 4.98 Å². The van der Waals surface area contributed by atoms with Gasteiger partial charge in [-0.3, -0.25) is 4.98 Å². The van der Waals surface area contributed by atoms with Crippen LogP contribution in [-0.4, -0.2) is 16.1 Å². The number of rotatable bonds is 1. The average molecular weight is 241 g/mol. The highest BCUT2D eigenvalue weighted by atomic mass is 16.4. The van der Waals surface area contributed by atoms with Crippen LogP contribution in [-0.2, 0) is 12.8 Å². The molecule has 1 heterocycles. The SMILES string of the molecule is Cc1ccc2c(C(=O)O)c3c(nc2c1C)CCC3. The minimum Gasteiger partial charge on any atom is -0.478 e. The molecular weight excluding hydrogens is 226 g/mol. The number of benzene rings is 1. The Kier molecular flexibility index (Phi) is 2.37. The van der Waals surface area contributed by atoms with Crippen LogP contribution in [0.5, 0.6) is 0 Å². The number of aromatic carboxylic acids is 1. The van der Waals surface area contributed by atoms with Crippen LogP contribution in [0, 0.1) is 13.8 Å². The molecule has 1 aliphatic carbocycles. The number of fused-ring (bicyclic) bond motifs is 2. The van der Waals surface area contributed by atoms with E-state index in [-0.39, 0.29) is 0 Å². The number of hydrogen-bond acceptors (Lipinski definition) is 2. The number of aryl methyl sites for hydroxylation is 3. The van der Waals surface area contributed by atoms with Crippen LogP contribution in [0.4, 0.5) is 0 Å². The topological polar surface area (TPSA) is 50.2 Å². The monoisotopic (exact) mass is 241 g/mol. The summed E-state index contributed by atoms with van der Waals surface area (Å²) < 4.78 is 0. The molecule has 0 spiro atoms. The molecule has 1 aliphatic rings. The highest BCUT2D eigenvalue weighted by Gasteiger charge is 2.24. The predicted molar refractivity (Wildman–Crippen MR) is 70.2 cm³/mol. The van der Waals surface area contributed by atoms with E-state index in [0.717, 1.165) is 52.5 Å². The van der Waals surface area contributed by atoms with Crippen molar-refractivity contribution in [3.8, 4) is 0 Å². The maximum absolute atomic E-state index is 11.5. The quantitative estimate of drug-likeness (QED) is 0.834. The van der Waals surface area contributed by atoms with Crippen molar-refractivity contribution in [3.05, 3.63) is 40.1 Å². The van der Waals surface area contributed by atoms with E-state index in [1.165, 1.54) is 0 Å². The third-order valence-electron chi connectivity index (χ3n) is 3.92. The van der Waals surface area contributed by atoms with Gasteiger partial charge in [0, 0.05) is 11.1 Å². The minimum atomic E-state index is -0.830. The summed E-state index contributed by atoms with van der Waals surface area (Å²) in [7, 11) is 0. The Balaban J connectivity index is 2.49. The molecule has 1 N–H and O–H groups in total. The van der Waals surface area contributed by atoms with Gasteiger partial charge >= 0.3 is 5.97 Å². The predicted octanol–water partition coefficient (Wildman–Crippen LogP) is 3.04. The highest BCUT2D eigenvalue weighted by Crippen LogP contribution is 2.32. The van der Waals surface area contributed by atoms with Crippen LogP contribution in [0.1, 0.15) is 39.2 Å². The molecule has 0 fully saturated rings. The Morgan fingerprint density at radius 3 is 2.78 bits per heavy atom. The molecule has 0 saturated carbocycles. The lowest BCUT2D eigenvalue weighted by atomic mass is 9.97. The molecule has 0 radical (unpaired) electrons. The van der Waals surface area contributed by atoms with Crippen molar-refractivity contribution >= 4 is 16.9 Å². The number of pyridine rings is 1. The van der Waals surface area contributed by atoms with Gasteiger partial charge in [-0.2, -0.15) is 0 Å². The molecule has 0 aliphatic heterocycles. The van der Waals surface area contributed by atoms with Crippen molar-refractivity contribution in [2.75, 3.05) is 0 Å². The lowest BCUT2D eigenvalue weighted by Gasteiger charge is -2.11. The van der Waals surface area contributed by atoms with Crippen molar-refractivity contribution in [2.24, 2.45) is 0 Å². The van der Waals surface area contributed by atoms with Gasteiger partial charge in [0.25, 0.3) is 0 Å². The third kappa shape index (κ3) is 1.43. The van der Waals surface area contributed by atoms with Gasteiger partial charge in [0.05, 0.1) is 11.1 Å². The van der Waals surface area contributed by atoms with E-state index in [1.54, 1.807) is 0 Å². The van der Waals surface area contributed by atoms with Gasteiger partial charge in [0.2, 0.25) is 0 Å². The van der Waals surface area contributed by atoms with Gasteiger partial charge in [-0.05, 0) is 49.8 Å². The van der Waals surface area contributed by atoms with E-state index in [4.69, 9.17) is 4.98 Å². The molecule has 2 aromatic rings. The lowest BCUT2D eigenvalue weighted by Crippen LogP contribution is -2.06. The smallest absolute Gasteiger partial charge is 0.336 e. The fourth-order valence-corrected chi connectivity index (χ4v) is 2.81. The fourth-order valence-electron chi connectivity index (χ4n) is 2.81. The number of carboxylic acid groups (broad SMARTS) is 1. The second-order valence-corrected chi connectivity index (χ2v) is 4.97. The molecule has 1 aromatic carbocycles. The summed E-state index contributed by atoms with van der Waals surface area (Å²) in [5, 5.41) is 10.3. The van der Waals surface area contributed by atoms with E-state index in [0.29, 0.717) is 5.56 Å². The van der Waals surface area contributed by atoms with Crippen LogP contribution in [0.25, 0.3) is 10.9 Å². The Bertz CT molecular complexity index is 674. The number of nitrogens with zero attached hydrogens (tertiary/aromatic N) is 1.